The van der Waals surface area contributed by atoms with E-state index in [1.54, 1.807) is 0 Å². The van der Waals surface area contributed by atoms with E-state index in [0.29, 0.717) is 6.42 Å². The van der Waals surface area contributed by atoms with E-state index in [9.17, 15) is 40.5 Å². The molecule has 2 saturated carbocycles. The molecule has 0 aromatic carbocycles. The maximum atomic E-state index is 13.3. The molecule has 47 heavy (non-hydrogen) atoms. The van der Waals surface area contributed by atoms with Gasteiger partial charge in [-0.3, -0.25) is 4.79 Å². The first-order valence-electron chi connectivity index (χ1n) is 15.9. The van der Waals surface area contributed by atoms with Crippen LogP contribution in [0.4, 0.5) is 0 Å². The first-order chi connectivity index (χ1) is 22.2. The average molecular weight is 680 g/mol. The summed E-state index contributed by atoms with van der Waals surface area (Å²) >= 11 is 0. The van der Waals surface area contributed by atoms with Gasteiger partial charge in [-0.05, 0) is 25.8 Å². The zero-order valence-electron chi connectivity index (χ0n) is 26.1. The zero-order chi connectivity index (χ0) is 34.8. The number of aliphatic imine (C=N–C) groups is 1. The first kappa shape index (κ1) is 38.0. The summed E-state index contributed by atoms with van der Waals surface area (Å²) in [4.78, 5) is 17.1. The molecular weight excluding hydrogens is 626 g/mol. The lowest BCUT2D eigenvalue weighted by Crippen LogP contribution is -2.70. The van der Waals surface area contributed by atoms with E-state index < -0.39 is 115 Å². The fourth-order valence-electron chi connectivity index (χ4n) is 6.82. The number of nitrogens with one attached hydrogen (secondary N) is 2. The number of hydrogen-bond donors (Lipinski definition) is 15. The minimum atomic E-state index is -1.94. The van der Waals surface area contributed by atoms with Gasteiger partial charge < -0.3 is 95.0 Å². The summed E-state index contributed by atoms with van der Waals surface area (Å²) in [5.74, 6) is -2.11. The quantitative estimate of drug-likeness (QED) is 0.0634. The van der Waals surface area contributed by atoms with Crippen molar-refractivity contribution in [1.29, 1.82) is 0 Å². The van der Waals surface area contributed by atoms with Crippen molar-refractivity contribution in [3.8, 4) is 0 Å². The van der Waals surface area contributed by atoms with Crippen LogP contribution in [0.1, 0.15) is 25.7 Å². The Kier molecular flexibility index (Phi) is 12.7. The van der Waals surface area contributed by atoms with Gasteiger partial charge in [0.1, 0.15) is 24.4 Å². The molecule has 0 aromatic rings. The zero-order valence-corrected chi connectivity index (χ0v) is 26.1. The molecule has 0 radical (unpaired) electrons. The lowest BCUT2D eigenvalue weighted by atomic mass is 9.71. The third-order valence-corrected chi connectivity index (χ3v) is 9.67. The SMILES string of the molecule is NCCC(O)CNC1CC(O)C(CN)OC1C1C(N)CC(NC(=O)C2(O)CC2N=C(N)N)C(OC2OC(CO)C(O)C(N)C2O)C1O. The maximum absolute atomic E-state index is 13.3. The van der Waals surface area contributed by atoms with Crippen LogP contribution >= 0.6 is 0 Å². The summed E-state index contributed by atoms with van der Waals surface area (Å²) in [5.41, 5.74) is 33.0. The van der Waals surface area contributed by atoms with Gasteiger partial charge in [-0.25, -0.2) is 4.99 Å². The minimum absolute atomic E-state index is 0.0413. The molecule has 17 unspecified atom stereocenters. The van der Waals surface area contributed by atoms with Crippen molar-refractivity contribution in [3.63, 3.8) is 0 Å². The Morgan fingerprint density at radius 1 is 1.02 bits per heavy atom. The number of aliphatic hydroxyl groups is 7. The molecule has 17 atom stereocenters. The minimum Gasteiger partial charge on any atom is -0.394 e. The lowest BCUT2D eigenvalue weighted by Gasteiger charge is -2.52. The predicted octanol–water partition coefficient (Wildman–Crippen LogP) is -8.75. The van der Waals surface area contributed by atoms with Crippen molar-refractivity contribution in [2.24, 2.45) is 45.3 Å². The number of ether oxygens (including phenoxy) is 3. The third-order valence-electron chi connectivity index (χ3n) is 9.67. The second-order valence-electron chi connectivity index (χ2n) is 13.1. The van der Waals surface area contributed by atoms with E-state index in [-0.39, 0.29) is 44.9 Å². The Labute approximate surface area is 271 Å². The number of rotatable bonds is 13. The Bertz CT molecular complexity index is 1080. The highest BCUT2D eigenvalue weighted by atomic mass is 16.7. The van der Waals surface area contributed by atoms with E-state index >= 15 is 0 Å². The molecule has 0 aromatic heterocycles. The van der Waals surface area contributed by atoms with Crippen molar-refractivity contribution < 1.29 is 54.8 Å². The van der Waals surface area contributed by atoms with Crippen molar-refractivity contribution >= 4 is 11.9 Å². The van der Waals surface area contributed by atoms with E-state index in [1.807, 2.05) is 0 Å². The number of nitrogens with zero attached hydrogens (tertiary/aromatic N) is 1. The van der Waals surface area contributed by atoms with E-state index in [2.05, 4.69) is 15.6 Å². The van der Waals surface area contributed by atoms with Crippen LogP contribution < -0.4 is 45.0 Å². The summed E-state index contributed by atoms with van der Waals surface area (Å²) in [6.45, 7) is -0.363. The number of carbonyl (C=O) groups is 1. The van der Waals surface area contributed by atoms with Crippen molar-refractivity contribution in [1.82, 2.24) is 10.6 Å². The molecule has 20 heteroatoms. The summed E-state index contributed by atoms with van der Waals surface area (Å²) in [6.07, 6.45) is -11.9. The molecule has 1 amide bonds. The lowest BCUT2D eigenvalue weighted by molar-refractivity contribution is -0.307. The number of amides is 1. The Hall–Kier alpha value is -1.86. The van der Waals surface area contributed by atoms with Gasteiger partial charge in [0.2, 0.25) is 0 Å². The summed E-state index contributed by atoms with van der Waals surface area (Å²) in [6, 6.07) is -4.79. The molecule has 4 aliphatic rings. The average Bonchev–Trinajstić information content (AvgIpc) is 3.67. The molecular formula is C27H53N9O11. The highest BCUT2D eigenvalue weighted by Gasteiger charge is 2.61. The van der Waals surface area contributed by atoms with Gasteiger partial charge in [0, 0.05) is 37.5 Å². The molecule has 4 fully saturated rings. The molecule has 4 rings (SSSR count). The molecule has 272 valence electrons. The highest BCUT2D eigenvalue weighted by Crippen LogP contribution is 2.41. The van der Waals surface area contributed by atoms with Gasteiger partial charge in [0.15, 0.2) is 17.9 Å². The van der Waals surface area contributed by atoms with Crippen molar-refractivity contribution in [2.75, 3.05) is 26.2 Å². The summed E-state index contributed by atoms with van der Waals surface area (Å²) < 4.78 is 17.9. The number of nitrogens with two attached hydrogens (primary N) is 6. The third kappa shape index (κ3) is 8.31. The fraction of sp³-hybridized carbons (Fsp3) is 0.926. The van der Waals surface area contributed by atoms with Crippen molar-refractivity contribution in [2.45, 2.75) is 123 Å². The van der Waals surface area contributed by atoms with Gasteiger partial charge in [-0.2, -0.15) is 0 Å². The van der Waals surface area contributed by atoms with Gasteiger partial charge in [-0.15, -0.1) is 0 Å². The topological polar surface area (TPSA) is 379 Å². The van der Waals surface area contributed by atoms with E-state index in [0.717, 1.165) is 0 Å². The molecule has 2 saturated heterocycles. The second kappa shape index (κ2) is 15.8. The number of hydrogen-bond acceptors (Lipinski definition) is 17. The van der Waals surface area contributed by atoms with Crippen molar-refractivity contribution in [3.05, 3.63) is 0 Å². The largest absolute Gasteiger partial charge is 0.394 e. The Morgan fingerprint density at radius 2 is 1.72 bits per heavy atom. The molecule has 2 aliphatic carbocycles. The standard InChI is InChI=1S/C27H53N9O11/c28-2-1-9(38)7-34-11-4-13(39)14(6-29)45-22(11)17-10(30)3-12(35-25(43)27(44)5-16(27)36-26(32)33)23(20(17)41)47-24-21(42)18(31)19(40)15(8-37)46-24/h9-24,34,37-42,44H,1-8,28-31H2,(H,35,43)(H4,32,33,36). The molecule has 20 nitrogen and oxygen atoms in total. The summed E-state index contributed by atoms with van der Waals surface area (Å²) in [7, 11) is 0. The van der Waals surface area contributed by atoms with Crippen LogP contribution in [0, 0.1) is 5.92 Å². The van der Waals surface area contributed by atoms with Crippen LogP contribution in [0.25, 0.3) is 0 Å². The monoisotopic (exact) mass is 679 g/mol. The molecule has 2 heterocycles. The molecule has 0 bridgehead atoms. The van der Waals surface area contributed by atoms with Crippen LogP contribution in [0.15, 0.2) is 4.99 Å². The van der Waals surface area contributed by atoms with Crippen LogP contribution in [-0.4, -0.2) is 171 Å². The predicted molar refractivity (Wildman–Crippen MR) is 164 cm³/mol. The van der Waals surface area contributed by atoms with Gasteiger partial charge in [0.05, 0.1) is 55.3 Å². The first-order valence-corrected chi connectivity index (χ1v) is 15.9. The fourth-order valence-corrected chi connectivity index (χ4v) is 6.82. The van der Waals surface area contributed by atoms with Crippen LogP contribution in [0.5, 0.6) is 0 Å². The summed E-state index contributed by atoms with van der Waals surface area (Å²) in [5, 5.41) is 80.6. The highest BCUT2D eigenvalue weighted by molar-refractivity contribution is 5.90. The normalized spacial score (nSPS) is 46.0. The van der Waals surface area contributed by atoms with E-state index in [1.165, 1.54) is 0 Å². The number of aliphatic hydroxyl groups excluding tert-OH is 6. The maximum Gasteiger partial charge on any atom is 0.254 e. The molecule has 0 spiro atoms. The van der Waals surface area contributed by atoms with Crippen LogP contribution in [-0.2, 0) is 19.0 Å². The smallest absolute Gasteiger partial charge is 0.254 e. The number of guanidine groups is 1. The molecule has 21 N–H and O–H groups in total. The number of carbonyl (C=O) groups excluding carboxylic acids is 1. The van der Waals surface area contributed by atoms with Crippen LogP contribution in [0.3, 0.4) is 0 Å². The van der Waals surface area contributed by atoms with Gasteiger partial charge in [0.25, 0.3) is 5.91 Å². The van der Waals surface area contributed by atoms with Gasteiger partial charge >= 0.3 is 0 Å². The molecule has 2 aliphatic heterocycles. The Morgan fingerprint density at radius 3 is 2.34 bits per heavy atom. The van der Waals surface area contributed by atoms with Gasteiger partial charge in [-0.1, -0.05) is 0 Å². The van der Waals surface area contributed by atoms with E-state index in [4.69, 9.17) is 48.6 Å². The van der Waals surface area contributed by atoms with Crippen LogP contribution in [0.2, 0.25) is 0 Å². The Balaban J connectivity index is 1.63. The second-order valence-corrected chi connectivity index (χ2v) is 13.1.